The van der Waals surface area contributed by atoms with Crippen LogP contribution in [0, 0.1) is 5.92 Å². The number of rotatable bonds is 8. The zero-order valence-electron chi connectivity index (χ0n) is 18.2. The van der Waals surface area contributed by atoms with E-state index >= 15 is 0 Å². The first-order valence-electron chi connectivity index (χ1n) is 10.1. The molecule has 0 heterocycles. The van der Waals surface area contributed by atoms with Gasteiger partial charge < -0.3 is 20.1 Å². The van der Waals surface area contributed by atoms with Crippen LogP contribution in [0.25, 0.3) is 11.1 Å². The summed E-state index contributed by atoms with van der Waals surface area (Å²) in [4.78, 5) is 34.1. The lowest BCUT2D eigenvalue weighted by Crippen LogP contribution is -2.38. The van der Waals surface area contributed by atoms with Crippen LogP contribution < -0.4 is 5.32 Å². The molecule has 8 heteroatoms. The van der Waals surface area contributed by atoms with Crippen molar-refractivity contribution in [3.8, 4) is 11.1 Å². The maximum atomic E-state index is 12.8. The molecule has 0 fully saturated rings. The van der Waals surface area contributed by atoms with Crippen LogP contribution in [0.4, 0.5) is 4.79 Å². The minimum absolute atomic E-state index is 0.105. The van der Waals surface area contributed by atoms with E-state index in [1.807, 2.05) is 54.6 Å². The van der Waals surface area contributed by atoms with Crippen LogP contribution in [0.3, 0.4) is 0 Å². The molecule has 7 nitrogen and oxygen atoms in total. The van der Waals surface area contributed by atoms with Crippen LogP contribution >= 0.6 is 7.37 Å². The van der Waals surface area contributed by atoms with Gasteiger partial charge in [0.25, 0.3) is 0 Å². The molecule has 0 aromatic heterocycles. The van der Waals surface area contributed by atoms with E-state index in [0.29, 0.717) is 0 Å². The number of carboxylic acid groups (broad SMARTS) is 1. The summed E-state index contributed by atoms with van der Waals surface area (Å²) in [5.41, 5.74) is 2.04. The van der Waals surface area contributed by atoms with Crippen LogP contribution in [-0.4, -0.2) is 39.6 Å². The van der Waals surface area contributed by atoms with Crippen molar-refractivity contribution in [3.63, 3.8) is 0 Å². The second-order valence-corrected chi connectivity index (χ2v) is 11.2. The number of ether oxygens (including phenoxy) is 1. The minimum Gasteiger partial charge on any atom is -0.481 e. The molecule has 0 aliphatic heterocycles. The normalized spacial score (nSPS) is 15.4. The number of carbonyl (C=O) groups is 2. The maximum Gasteiger partial charge on any atom is 0.408 e. The molecule has 0 radical (unpaired) electrons. The summed E-state index contributed by atoms with van der Waals surface area (Å²) in [6, 6.07) is 17.2. The van der Waals surface area contributed by atoms with E-state index in [1.54, 1.807) is 20.8 Å². The van der Waals surface area contributed by atoms with E-state index in [9.17, 15) is 24.2 Å². The Morgan fingerprint density at radius 3 is 2.10 bits per heavy atom. The van der Waals surface area contributed by atoms with Crippen molar-refractivity contribution in [2.24, 2.45) is 5.92 Å². The van der Waals surface area contributed by atoms with Crippen LogP contribution in [0.15, 0.2) is 54.6 Å². The van der Waals surface area contributed by atoms with Crippen LogP contribution in [0.1, 0.15) is 33.3 Å². The molecule has 3 N–H and O–H groups in total. The fourth-order valence-corrected chi connectivity index (χ4v) is 4.57. The Morgan fingerprint density at radius 2 is 1.58 bits per heavy atom. The Labute approximate surface area is 182 Å². The van der Waals surface area contributed by atoms with Gasteiger partial charge in [-0.05, 0) is 50.8 Å². The molecule has 1 amide bonds. The van der Waals surface area contributed by atoms with Crippen molar-refractivity contribution in [1.29, 1.82) is 0 Å². The van der Waals surface area contributed by atoms with E-state index in [2.05, 4.69) is 5.32 Å². The van der Waals surface area contributed by atoms with Gasteiger partial charge in [0.1, 0.15) is 11.4 Å². The van der Waals surface area contributed by atoms with Gasteiger partial charge in [0, 0.05) is 6.16 Å². The third-order valence-electron chi connectivity index (χ3n) is 4.71. The Kier molecular flexibility index (Phi) is 8.04. The zero-order chi connectivity index (χ0) is 23.2. The summed E-state index contributed by atoms with van der Waals surface area (Å²) in [6.07, 6.45) is -1.17. The molecule has 2 rings (SSSR count). The first-order chi connectivity index (χ1) is 14.4. The van der Waals surface area contributed by atoms with Crippen molar-refractivity contribution >= 4 is 19.4 Å². The minimum atomic E-state index is -4.00. The van der Waals surface area contributed by atoms with Gasteiger partial charge in [-0.25, -0.2) is 4.79 Å². The second-order valence-electron chi connectivity index (χ2n) is 8.56. The van der Waals surface area contributed by atoms with Gasteiger partial charge in [-0.15, -0.1) is 0 Å². The van der Waals surface area contributed by atoms with Crippen molar-refractivity contribution in [2.45, 2.75) is 45.5 Å². The number of hydrogen-bond acceptors (Lipinski definition) is 4. The van der Waals surface area contributed by atoms with Gasteiger partial charge in [-0.3, -0.25) is 9.36 Å². The SMILES string of the molecule is C[C@H](NC(=O)OC(C)(C)C)P(=O)(O)CC(Cc1ccc(-c2ccccc2)cc1)C(=O)O. The summed E-state index contributed by atoms with van der Waals surface area (Å²) in [5, 5.41) is 11.9. The smallest absolute Gasteiger partial charge is 0.408 e. The van der Waals surface area contributed by atoms with E-state index in [4.69, 9.17) is 4.74 Å². The van der Waals surface area contributed by atoms with Crippen molar-refractivity contribution in [3.05, 3.63) is 60.2 Å². The molecule has 0 bridgehead atoms. The molecule has 0 aliphatic rings. The standard InChI is InChI=1S/C23H30NO6P/c1-16(24-22(27)30-23(2,3)4)31(28,29)15-20(21(25)26)14-17-10-12-19(13-11-17)18-8-6-5-7-9-18/h5-13,16,20H,14-15H2,1-4H3,(H,24,27)(H,25,26)(H,28,29)/t16-,20?/m1/s1. The van der Waals surface area contributed by atoms with Gasteiger partial charge in [0.2, 0.25) is 7.37 Å². The highest BCUT2D eigenvalue weighted by Gasteiger charge is 2.35. The molecule has 2 aromatic carbocycles. The fourth-order valence-electron chi connectivity index (χ4n) is 3.03. The quantitative estimate of drug-likeness (QED) is 0.504. The maximum absolute atomic E-state index is 12.8. The number of nitrogens with one attached hydrogen (secondary N) is 1. The molecular formula is C23H30NO6P. The Balaban J connectivity index is 2.05. The summed E-state index contributed by atoms with van der Waals surface area (Å²) in [5.74, 6) is -3.36. The lowest BCUT2D eigenvalue weighted by atomic mass is 9.98. The third kappa shape index (κ3) is 7.85. The number of alkyl carbamates (subject to hydrolysis) is 1. The second kappa shape index (κ2) is 10.1. The fraction of sp³-hybridized carbons (Fsp3) is 0.391. The van der Waals surface area contributed by atoms with Gasteiger partial charge in [0.05, 0.1) is 5.92 Å². The van der Waals surface area contributed by atoms with E-state index in [1.165, 1.54) is 6.92 Å². The monoisotopic (exact) mass is 447 g/mol. The lowest BCUT2D eigenvalue weighted by Gasteiger charge is -2.25. The molecule has 31 heavy (non-hydrogen) atoms. The summed E-state index contributed by atoms with van der Waals surface area (Å²) >= 11 is 0. The number of aliphatic carboxylic acids is 1. The van der Waals surface area contributed by atoms with Gasteiger partial charge >= 0.3 is 12.1 Å². The average Bonchev–Trinajstić information content (AvgIpc) is 2.67. The predicted molar refractivity (Wildman–Crippen MR) is 120 cm³/mol. The predicted octanol–water partition coefficient (Wildman–Crippen LogP) is 4.74. The first kappa shape index (κ1) is 24.6. The van der Waals surface area contributed by atoms with Gasteiger partial charge in [-0.1, -0.05) is 54.6 Å². The Morgan fingerprint density at radius 1 is 1.03 bits per heavy atom. The number of carbonyl (C=O) groups excluding carboxylic acids is 1. The van der Waals surface area contributed by atoms with E-state index in [-0.39, 0.29) is 6.42 Å². The number of amides is 1. The van der Waals surface area contributed by atoms with Crippen LogP contribution in [-0.2, 0) is 20.5 Å². The van der Waals surface area contributed by atoms with Gasteiger partial charge in [-0.2, -0.15) is 0 Å². The molecule has 168 valence electrons. The lowest BCUT2D eigenvalue weighted by molar-refractivity contribution is -0.141. The highest BCUT2D eigenvalue weighted by Crippen LogP contribution is 2.47. The summed E-state index contributed by atoms with van der Waals surface area (Å²) < 4.78 is 17.9. The van der Waals surface area contributed by atoms with E-state index in [0.717, 1.165) is 16.7 Å². The molecule has 0 saturated heterocycles. The third-order valence-corrected chi connectivity index (χ3v) is 7.01. The van der Waals surface area contributed by atoms with Crippen LogP contribution in [0.5, 0.6) is 0 Å². The Hall–Kier alpha value is -2.63. The molecule has 2 unspecified atom stereocenters. The largest absolute Gasteiger partial charge is 0.481 e. The summed E-state index contributed by atoms with van der Waals surface area (Å²) in [6.45, 7) is 6.41. The Bertz CT molecular complexity index is 937. The molecule has 0 aliphatic carbocycles. The van der Waals surface area contributed by atoms with E-state index < -0.39 is 42.9 Å². The number of hydrogen-bond donors (Lipinski definition) is 3. The molecule has 3 atom stereocenters. The molecule has 0 saturated carbocycles. The van der Waals surface area contributed by atoms with Crippen molar-refractivity contribution in [1.82, 2.24) is 5.32 Å². The highest BCUT2D eigenvalue weighted by atomic mass is 31.2. The highest BCUT2D eigenvalue weighted by molar-refractivity contribution is 7.58. The topological polar surface area (TPSA) is 113 Å². The average molecular weight is 447 g/mol. The molecule has 2 aromatic rings. The first-order valence-corrected chi connectivity index (χ1v) is 12.0. The molecule has 0 spiro atoms. The number of carboxylic acids is 1. The molecular weight excluding hydrogens is 417 g/mol. The van der Waals surface area contributed by atoms with Crippen LogP contribution in [0.2, 0.25) is 0 Å². The van der Waals surface area contributed by atoms with Crippen molar-refractivity contribution < 1.29 is 28.9 Å². The number of benzene rings is 2. The zero-order valence-corrected chi connectivity index (χ0v) is 19.1. The summed E-state index contributed by atoms with van der Waals surface area (Å²) in [7, 11) is -4.00. The van der Waals surface area contributed by atoms with Crippen molar-refractivity contribution in [2.75, 3.05) is 6.16 Å². The van der Waals surface area contributed by atoms with Gasteiger partial charge in [0.15, 0.2) is 0 Å².